The number of nitrogens with zero attached hydrogens (tertiary/aromatic N) is 2. The molecule has 2 aromatic carbocycles. The molecule has 1 aliphatic heterocycles. The summed E-state index contributed by atoms with van der Waals surface area (Å²) in [5.74, 6) is -0.168. The zero-order valence-corrected chi connectivity index (χ0v) is 13.7. The second-order valence-electron chi connectivity index (χ2n) is 6.00. The highest BCUT2D eigenvalue weighted by molar-refractivity contribution is 6.05. The van der Waals surface area contributed by atoms with E-state index in [1.165, 1.54) is 0 Å². The van der Waals surface area contributed by atoms with Crippen molar-refractivity contribution in [1.29, 1.82) is 0 Å². The summed E-state index contributed by atoms with van der Waals surface area (Å²) in [7, 11) is 2.06. The largest absolute Gasteiger partial charge is 0.336 e. The van der Waals surface area contributed by atoms with Gasteiger partial charge in [-0.25, -0.2) is 0 Å². The fourth-order valence-electron chi connectivity index (χ4n) is 2.71. The minimum atomic E-state index is -0.181. The number of carbonyl (C=O) groups is 2. The molecular weight excluding hydrogens is 302 g/mol. The van der Waals surface area contributed by atoms with Gasteiger partial charge in [0.15, 0.2) is 0 Å². The maximum Gasteiger partial charge on any atom is 0.255 e. The first-order chi connectivity index (χ1) is 11.6. The predicted molar refractivity (Wildman–Crippen MR) is 94.2 cm³/mol. The van der Waals surface area contributed by atoms with Crippen molar-refractivity contribution in [2.45, 2.75) is 0 Å². The van der Waals surface area contributed by atoms with E-state index in [1.807, 2.05) is 23.1 Å². The Balaban J connectivity index is 1.70. The van der Waals surface area contributed by atoms with Crippen LogP contribution in [0.5, 0.6) is 0 Å². The van der Waals surface area contributed by atoms with Gasteiger partial charge >= 0.3 is 0 Å². The Morgan fingerprint density at radius 1 is 0.875 bits per heavy atom. The molecule has 5 nitrogen and oxygen atoms in total. The third kappa shape index (κ3) is 3.81. The van der Waals surface area contributed by atoms with Gasteiger partial charge in [0.1, 0.15) is 0 Å². The number of hydrogen-bond acceptors (Lipinski definition) is 3. The van der Waals surface area contributed by atoms with Crippen LogP contribution in [-0.4, -0.2) is 54.8 Å². The van der Waals surface area contributed by atoms with Crippen LogP contribution in [0.3, 0.4) is 0 Å². The Morgan fingerprint density at radius 3 is 2.25 bits per heavy atom. The first kappa shape index (κ1) is 16.2. The van der Waals surface area contributed by atoms with Crippen LogP contribution in [0.25, 0.3) is 0 Å². The Bertz CT molecular complexity index is 722. The molecule has 2 aromatic rings. The third-order valence-corrected chi connectivity index (χ3v) is 4.19. The molecule has 0 atom stereocenters. The van der Waals surface area contributed by atoms with E-state index in [0.717, 1.165) is 26.2 Å². The summed E-state index contributed by atoms with van der Waals surface area (Å²) in [6.07, 6.45) is 0. The summed E-state index contributed by atoms with van der Waals surface area (Å²) >= 11 is 0. The molecule has 0 aromatic heterocycles. The van der Waals surface area contributed by atoms with E-state index >= 15 is 0 Å². The SMILES string of the molecule is CN1CCN(C(=O)c2cccc(NC(=O)c3ccccc3)c2)CC1. The monoisotopic (exact) mass is 323 g/mol. The quantitative estimate of drug-likeness (QED) is 0.943. The van der Waals surface area contributed by atoms with E-state index in [4.69, 9.17) is 0 Å². The van der Waals surface area contributed by atoms with Gasteiger partial charge < -0.3 is 15.1 Å². The van der Waals surface area contributed by atoms with Crippen molar-refractivity contribution in [2.24, 2.45) is 0 Å². The molecule has 124 valence electrons. The molecule has 1 N–H and O–H groups in total. The van der Waals surface area contributed by atoms with Gasteiger partial charge in [-0.15, -0.1) is 0 Å². The number of amides is 2. The molecule has 2 amide bonds. The average Bonchev–Trinajstić information content (AvgIpc) is 2.63. The molecule has 1 fully saturated rings. The highest BCUT2D eigenvalue weighted by Crippen LogP contribution is 2.15. The first-order valence-corrected chi connectivity index (χ1v) is 8.08. The van der Waals surface area contributed by atoms with Crippen molar-refractivity contribution in [2.75, 3.05) is 38.5 Å². The molecule has 0 bridgehead atoms. The lowest BCUT2D eigenvalue weighted by Crippen LogP contribution is -2.47. The number of anilines is 1. The molecule has 0 unspecified atom stereocenters. The van der Waals surface area contributed by atoms with Gasteiger partial charge in [-0.3, -0.25) is 9.59 Å². The summed E-state index contributed by atoms with van der Waals surface area (Å²) in [6.45, 7) is 3.23. The smallest absolute Gasteiger partial charge is 0.255 e. The third-order valence-electron chi connectivity index (χ3n) is 4.19. The van der Waals surface area contributed by atoms with Crippen LogP contribution in [0.4, 0.5) is 5.69 Å². The maximum atomic E-state index is 12.6. The lowest BCUT2D eigenvalue weighted by molar-refractivity contribution is 0.0664. The molecule has 1 saturated heterocycles. The number of rotatable bonds is 3. The van der Waals surface area contributed by atoms with Gasteiger partial charge in [-0.1, -0.05) is 24.3 Å². The van der Waals surface area contributed by atoms with E-state index in [-0.39, 0.29) is 11.8 Å². The summed E-state index contributed by atoms with van der Waals surface area (Å²) in [5, 5.41) is 2.85. The van der Waals surface area contributed by atoms with Crippen molar-refractivity contribution >= 4 is 17.5 Å². The molecule has 1 aliphatic rings. The number of likely N-dealkylation sites (N-methyl/N-ethyl adjacent to an activating group) is 1. The average molecular weight is 323 g/mol. The molecular formula is C19H21N3O2. The van der Waals surface area contributed by atoms with E-state index in [9.17, 15) is 9.59 Å². The van der Waals surface area contributed by atoms with Crippen LogP contribution in [0, 0.1) is 0 Å². The number of hydrogen-bond donors (Lipinski definition) is 1. The molecule has 1 heterocycles. The number of piperazine rings is 1. The minimum Gasteiger partial charge on any atom is -0.336 e. The van der Waals surface area contributed by atoms with Crippen molar-refractivity contribution in [1.82, 2.24) is 9.80 Å². The van der Waals surface area contributed by atoms with Crippen molar-refractivity contribution in [3.05, 3.63) is 65.7 Å². The zero-order chi connectivity index (χ0) is 16.9. The second-order valence-corrected chi connectivity index (χ2v) is 6.00. The van der Waals surface area contributed by atoms with Crippen LogP contribution < -0.4 is 5.32 Å². The molecule has 0 radical (unpaired) electrons. The number of carbonyl (C=O) groups excluding carboxylic acids is 2. The Kier molecular flexibility index (Phi) is 4.91. The summed E-state index contributed by atoms with van der Waals surface area (Å²) in [6, 6.07) is 16.1. The molecule has 5 heteroatoms. The Labute approximate surface area is 141 Å². The van der Waals surface area contributed by atoms with Gasteiger partial charge in [0.05, 0.1) is 0 Å². The summed E-state index contributed by atoms with van der Waals surface area (Å²) in [5.41, 5.74) is 1.82. The van der Waals surface area contributed by atoms with Gasteiger partial charge in [-0.05, 0) is 37.4 Å². The molecule has 0 aliphatic carbocycles. The van der Waals surface area contributed by atoms with Crippen LogP contribution in [0.15, 0.2) is 54.6 Å². The van der Waals surface area contributed by atoms with Gasteiger partial charge in [0, 0.05) is 43.0 Å². The highest BCUT2D eigenvalue weighted by atomic mass is 16.2. The fraction of sp³-hybridized carbons (Fsp3) is 0.263. The Morgan fingerprint density at radius 2 is 1.54 bits per heavy atom. The second kappa shape index (κ2) is 7.27. The Hall–Kier alpha value is -2.66. The molecule has 24 heavy (non-hydrogen) atoms. The van der Waals surface area contributed by atoms with E-state index < -0.39 is 0 Å². The van der Waals surface area contributed by atoms with Crippen molar-refractivity contribution < 1.29 is 9.59 Å². The fourth-order valence-corrected chi connectivity index (χ4v) is 2.71. The maximum absolute atomic E-state index is 12.6. The summed E-state index contributed by atoms with van der Waals surface area (Å²) < 4.78 is 0. The van der Waals surface area contributed by atoms with Crippen molar-refractivity contribution in [3.8, 4) is 0 Å². The van der Waals surface area contributed by atoms with Crippen LogP contribution in [-0.2, 0) is 0 Å². The van der Waals surface area contributed by atoms with Gasteiger partial charge in [-0.2, -0.15) is 0 Å². The van der Waals surface area contributed by atoms with Gasteiger partial charge in [0.25, 0.3) is 11.8 Å². The highest BCUT2D eigenvalue weighted by Gasteiger charge is 2.20. The first-order valence-electron chi connectivity index (χ1n) is 8.08. The predicted octanol–water partition coefficient (Wildman–Crippen LogP) is 2.33. The summed E-state index contributed by atoms with van der Waals surface area (Å²) in [4.78, 5) is 28.9. The topological polar surface area (TPSA) is 52.6 Å². The zero-order valence-electron chi connectivity index (χ0n) is 13.7. The normalized spacial score (nSPS) is 15.1. The number of benzene rings is 2. The molecule has 0 saturated carbocycles. The molecule has 0 spiro atoms. The van der Waals surface area contributed by atoms with E-state index in [1.54, 1.807) is 36.4 Å². The van der Waals surface area contributed by atoms with Gasteiger partial charge in [0.2, 0.25) is 0 Å². The van der Waals surface area contributed by atoms with Crippen molar-refractivity contribution in [3.63, 3.8) is 0 Å². The van der Waals surface area contributed by atoms with Crippen LogP contribution in [0.2, 0.25) is 0 Å². The lowest BCUT2D eigenvalue weighted by Gasteiger charge is -2.32. The number of nitrogens with one attached hydrogen (secondary N) is 1. The van der Waals surface area contributed by atoms with Crippen LogP contribution >= 0.6 is 0 Å². The lowest BCUT2D eigenvalue weighted by atomic mass is 10.1. The standard InChI is InChI=1S/C19H21N3O2/c1-21-10-12-22(13-11-21)19(24)16-8-5-9-17(14-16)20-18(23)15-6-3-2-4-7-15/h2-9,14H,10-13H2,1H3,(H,20,23). The van der Waals surface area contributed by atoms with Crippen LogP contribution in [0.1, 0.15) is 20.7 Å². The molecule has 3 rings (SSSR count). The van der Waals surface area contributed by atoms with E-state index in [0.29, 0.717) is 16.8 Å². The minimum absolute atomic E-state index is 0.0129. The van der Waals surface area contributed by atoms with E-state index in [2.05, 4.69) is 17.3 Å².